The van der Waals surface area contributed by atoms with Crippen molar-refractivity contribution in [2.45, 2.75) is 39.2 Å². The van der Waals surface area contributed by atoms with Crippen LogP contribution in [0, 0.1) is 11.8 Å². The Morgan fingerprint density at radius 3 is 2.54 bits per heavy atom. The lowest BCUT2D eigenvalue weighted by atomic mass is 9.92. The maximum atomic E-state index is 12.7. The number of hydrogen-bond donors (Lipinski definition) is 2. The van der Waals surface area contributed by atoms with Gasteiger partial charge in [-0.15, -0.1) is 0 Å². The van der Waals surface area contributed by atoms with Gasteiger partial charge in [-0.2, -0.15) is 0 Å². The minimum Gasteiger partial charge on any atom is -0.504 e. The van der Waals surface area contributed by atoms with E-state index in [4.69, 9.17) is 0 Å². The van der Waals surface area contributed by atoms with Crippen LogP contribution >= 0.6 is 0 Å². The summed E-state index contributed by atoms with van der Waals surface area (Å²) in [5.41, 5.74) is 0.986. The predicted octanol–water partition coefficient (Wildman–Crippen LogP) is 2.57. The number of carbonyl (C=O) groups excluding carboxylic acids is 1. The topological polar surface area (TPSA) is 64.0 Å². The van der Waals surface area contributed by atoms with E-state index < -0.39 is 0 Å². The molecule has 3 rings (SSSR count). The molecule has 24 heavy (non-hydrogen) atoms. The summed E-state index contributed by atoms with van der Waals surface area (Å²) in [7, 11) is 0. The molecule has 2 saturated heterocycles. The summed E-state index contributed by atoms with van der Waals surface area (Å²) < 4.78 is 0. The van der Waals surface area contributed by atoms with Crippen molar-refractivity contribution in [2.75, 3.05) is 26.2 Å². The number of aromatic hydroxyl groups is 2. The van der Waals surface area contributed by atoms with E-state index in [0.717, 1.165) is 57.5 Å². The number of hydrogen-bond acceptors (Lipinski definition) is 4. The summed E-state index contributed by atoms with van der Waals surface area (Å²) in [6, 6.07) is 4.97. The monoisotopic (exact) mass is 332 g/mol. The van der Waals surface area contributed by atoms with Crippen LogP contribution in [0.3, 0.4) is 0 Å². The number of phenols is 2. The third kappa shape index (κ3) is 4.01. The lowest BCUT2D eigenvalue weighted by molar-refractivity contribution is -0.138. The molecule has 1 amide bonds. The molecule has 132 valence electrons. The van der Waals surface area contributed by atoms with Gasteiger partial charge in [0.2, 0.25) is 5.91 Å². The first kappa shape index (κ1) is 17.1. The standard InChI is InChI=1S/C19H28N2O3/c1-14-3-2-8-21(12-14)19(24)16-6-9-20(10-7-16)13-15-4-5-17(22)18(23)11-15/h4-5,11,14,16,22-23H,2-3,6-10,12-13H2,1H3. The number of piperidine rings is 2. The highest BCUT2D eigenvalue weighted by Gasteiger charge is 2.30. The summed E-state index contributed by atoms with van der Waals surface area (Å²) >= 11 is 0. The molecule has 2 fully saturated rings. The minimum absolute atomic E-state index is 0.0724. The molecule has 0 bridgehead atoms. The maximum absolute atomic E-state index is 12.7. The maximum Gasteiger partial charge on any atom is 0.225 e. The van der Waals surface area contributed by atoms with E-state index in [2.05, 4.69) is 16.7 Å². The number of rotatable bonds is 3. The second kappa shape index (κ2) is 7.43. The molecule has 0 saturated carbocycles. The van der Waals surface area contributed by atoms with Crippen LogP contribution in [0.1, 0.15) is 38.2 Å². The van der Waals surface area contributed by atoms with Crippen LogP contribution in [-0.4, -0.2) is 52.1 Å². The molecule has 1 aromatic rings. The van der Waals surface area contributed by atoms with Crippen LogP contribution in [0.5, 0.6) is 11.5 Å². The average molecular weight is 332 g/mol. The molecule has 0 radical (unpaired) electrons. The normalized spacial score (nSPS) is 23.4. The summed E-state index contributed by atoms with van der Waals surface area (Å²) in [6.45, 7) is 6.63. The van der Waals surface area contributed by atoms with E-state index in [0.29, 0.717) is 11.8 Å². The SMILES string of the molecule is CC1CCCN(C(=O)C2CCN(Cc3ccc(O)c(O)c3)CC2)C1. The van der Waals surface area contributed by atoms with Crippen LogP contribution in [0.15, 0.2) is 18.2 Å². The molecule has 2 aliphatic heterocycles. The molecule has 1 atom stereocenters. The van der Waals surface area contributed by atoms with Crippen molar-refractivity contribution in [3.63, 3.8) is 0 Å². The zero-order chi connectivity index (χ0) is 17.1. The third-order valence-corrected chi connectivity index (χ3v) is 5.35. The molecule has 0 spiro atoms. The van der Waals surface area contributed by atoms with Gasteiger partial charge in [0.25, 0.3) is 0 Å². The van der Waals surface area contributed by atoms with Crippen LogP contribution in [0.4, 0.5) is 0 Å². The Kier molecular flexibility index (Phi) is 5.29. The van der Waals surface area contributed by atoms with E-state index >= 15 is 0 Å². The van der Waals surface area contributed by atoms with Gasteiger partial charge < -0.3 is 15.1 Å². The molecular formula is C19H28N2O3. The van der Waals surface area contributed by atoms with Crippen LogP contribution < -0.4 is 0 Å². The highest BCUT2D eigenvalue weighted by atomic mass is 16.3. The zero-order valence-corrected chi connectivity index (χ0v) is 14.4. The minimum atomic E-state index is -0.0844. The summed E-state index contributed by atoms with van der Waals surface area (Å²) in [4.78, 5) is 17.1. The van der Waals surface area contributed by atoms with Gasteiger partial charge in [-0.05, 0) is 62.4 Å². The van der Waals surface area contributed by atoms with Gasteiger partial charge in [-0.3, -0.25) is 9.69 Å². The van der Waals surface area contributed by atoms with E-state index in [1.807, 2.05) is 6.07 Å². The molecular weight excluding hydrogens is 304 g/mol. The van der Waals surface area contributed by atoms with Crippen LogP contribution in [-0.2, 0) is 11.3 Å². The van der Waals surface area contributed by atoms with Crippen molar-refractivity contribution in [2.24, 2.45) is 11.8 Å². The Morgan fingerprint density at radius 1 is 1.12 bits per heavy atom. The Bertz CT molecular complexity index is 582. The molecule has 1 aromatic carbocycles. The quantitative estimate of drug-likeness (QED) is 0.835. The summed E-state index contributed by atoms with van der Waals surface area (Å²) in [5.74, 6) is 0.990. The van der Waals surface area contributed by atoms with Gasteiger partial charge in [-0.25, -0.2) is 0 Å². The van der Waals surface area contributed by atoms with Crippen molar-refractivity contribution < 1.29 is 15.0 Å². The second-order valence-electron chi connectivity index (χ2n) is 7.41. The second-order valence-corrected chi connectivity index (χ2v) is 7.41. The molecule has 5 nitrogen and oxygen atoms in total. The molecule has 0 aromatic heterocycles. The first-order valence-electron chi connectivity index (χ1n) is 9.05. The lowest BCUT2D eigenvalue weighted by Crippen LogP contribution is -2.45. The molecule has 2 N–H and O–H groups in total. The van der Waals surface area contributed by atoms with Crippen molar-refractivity contribution in [1.29, 1.82) is 0 Å². The number of amides is 1. The van der Waals surface area contributed by atoms with E-state index in [1.54, 1.807) is 6.07 Å². The van der Waals surface area contributed by atoms with Gasteiger partial charge in [0.05, 0.1) is 0 Å². The van der Waals surface area contributed by atoms with Crippen LogP contribution in [0.25, 0.3) is 0 Å². The first-order chi connectivity index (χ1) is 11.5. The lowest BCUT2D eigenvalue weighted by Gasteiger charge is -2.37. The number of carbonyl (C=O) groups is 1. The fraction of sp³-hybridized carbons (Fsp3) is 0.632. The molecule has 1 unspecified atom stereocenters. The molecule has 2 aliphatic rings. The van der Waals surface area contributed by atoms with Crippen molar-refractivity contribution in [1.82, 2.24) is 9.80 Å². The fourth-order valence-corrected chi connectivity index (χ4v) is 3.91. The average Bonchev–Trinajstić information content (AvgIpc) is 2.58. The highest BCUT2D eigenvalue weighted by Crippen LogP contribution is 2.27. The van der Waals surface area contributed by atoms with E-state index in [9.17, 15) is 15.0 Å². The van der Waals surface area contributed by atoms with Gasteiger partial charge >= 0.3 is 0 Å². The van der Waals surface area contributed by atoms with E-state index in [-0.39, 0.29) is 17.4 Å². The van der Waals surface area contributed by atoms with Gasteiger partial charge in [0, 0.05) is 25.6 Å². The summed E-state index contributed by atoms with van der Waals surface area (Å²) in [5, 5.41) is 19.0. The van der Waals surface area contributed by atoms with Gasteiger partial charge in [0.1, 0.15) is 0 Å². The predicted molar refractivity (Wildman–Crippen MR) is 92.8 cm³/mol. The largest absolute Gasteiger partial charge is 0.504 e. The molecule has 2 heterocycles. The van der Waals surface area contributed by atoms with Crippen molar-refractivity contribution in [3.05, 3.63) is 23.8 Å². The van der Waals surface area contributed by atoms with Gasteiger partial charge in [0.15, 0.2) is 11.5 Å². The Morgan fingerprint density at radius 2 is 1.88 bits per heavy atom. The number of nitrogens with zero attached hydrogens (tertiary/aromatic N) is 2. The first-order valence-corrected chi connectivity index (χ1v) is 9.05. The third-order valence-electron chi connectivity index (χ3n) is 5.35. The Hall–Kier alpha value is -1.75. The smallest absolute Gasteiger partial charge is 0.225 e. The molecule has 0 aliphatic carbocycles. The number of likely N-dealkylation sites (tertiary alicyclic amines) is 2. The van der Waals surface area contributed by atoms with Crippen LogP contribution in [0.2, 0.25) is 0 Å². The Balaban J connectivity index is 1.50. The zero-order valence-electron chi connectivity index (χ0n) is 14.4. The number of phenolic OH excluding ortho intramolecular Hbond substituents is 2. The van der Waals surface area contributed by atoms with Crippen molar-refractivity contribution >= 4 is 5.91 Å². The van der Waals surface area contributed by atoms with Gasteiger partial charge in [-0.1, -0.05) is 13.0 Å². The number of benzene rings is 1. The Labute approximate surface area is 143 Å². The van der Waals surface area contributed by atoms with Crippen molar-refractivity contribution in [3.8, 4) is 11.5 Å². The summed E-state index contributed by atoms with van der Waals surface area (Å²) in [6.07, 6.45) is 4.19. The highest BCUT2D eigenvalue weighted by molar-refractivity contribution is 5.79. The fourth-order valence-electron chi connectivity index (χ4n) is 3.91. The van der Waals surface area contributed by atoms with E-state index in [1.165, 1.54) is 12.5 Å². The molecule has 5 heteroatoms.